The molecular weight excluding hydrogens is 413 g/mol. The second-order valence-electron chi connectivity index (χ2n) is 12.8. The fraction of sp³-hybridized carbons (Fsp3) is 1.00. The highest BCUT2D eigenvalue weighted by Gasteiger charge is 2.61. The van der Waals surface area contributed by atoms with Crippen LogP contribution in [0.4, 0.5) is 13.2 Å². The van der Waals surface area contributed by atoms with Crippen molar-refractivity contribution in [1.29, 1.82) is 0 Å². The number of halogens is 3. The molecule has 0 aromatic carbocycles. The molecule has 0 aromatic rings. The highest BCUT2D eigenvalue weighted by Crippen LogP contribution is 2.69. The standard InChI is InChI=1S/C27H45F3O2/c1-5-26(32)15-14-24(3)18(16-26)7-8-19-21-10-9-20(25(21,4)13-12-22(19)24)17(2)6-11-23(31)27(28,29)30/h17-23,31-32H,5-16H2,1-4H3/t17-,18-,19+,20-,21?,22?,23-,24+,25-,26+/m1/s1. The zero-order valence-corrected chi connectivity index (χ0v) is 20.6. The minimum atomic E-state index is -4.50. The van der Waals surface area contributed by atoms with Gasteiger partial charge in [-0.25, -0.2) is 0 Å². The smallest absolute Gasteiger partial charge is 0.390 e. The van der Waals surface area contributed by atoms with E-state index in [4.69, 9.17) is 0 Å². The van der Waals surface area contributed by atoms with Crippen LogP contribution >= 0.6 is 0 Å². The molecule has 4 rings (SSSR count). The molecule has 0 amide bonds. The van der Waals surface area contributed by atoms with Crippen molar-refractivity contribution in [2.45, 2.75) is 123 Å². The first-order valence-corrected chi connectivity index (χ1v) is 13.3. The van der Waals surface area contributed by atoms with Crippen LogP contribution in [0.2, 0.25) is 0 Å². The predicted molar refractivity (Wildman–Crippen MR) is 121 cm³/mol. The molecule has 10 atom stereocenters. The Bertz CT molecular complexity index is 680. The quantitative estimate of drug-likeness (QED) is 0.460. The van der Waals surface area contributed by atoms with Crippen molar-refractivity contribution in [3.05, 3.63) is 0 Å². The average molecular weight is 459 g/mol. The SMILES string of the molecule is CC[C@]1(O)CC[C@]2(C)C3CC[C@@]4(C)C(CC[C@@H]4[C@H](C)CC[C@@H](O)C(F)(F)F)[C@@H]3CC[C@@H]2C1. The molecule has 2 N–H and O–H groups in total. The topological polar surface area (TPSA) is 40.5 Å². The third-order valence-electron chi connectivity index (χ3n) is 11.5. The van der Waals surface area contributed by atoms with Gasteiger partial charge in [-0.1, -0.05) is 27.7 Å². The second-order valence-corrected chi connectivity index (χ2v) is 12.8. The second kappa shape index (κ2) is 8.43. The Morgan fingerprint density at radius 3 is 2.25 bits per heavy atom. The molecule has 0 spiro atoms. The lowest BCUT2D eigenvalue weighted by atomic mass is 9.43. The predicted octanol–water partition coefficient (Wildman–Crippen LogP) is 7.13. The molecule has 0 bridgehead atoms. The van der Waals surface area contributed by atoms with Gasteiger partial charge in [0.1, 0.15) is 6.10 Å². The monoisotopic (exact) mass is 458 g/mol. The van der Waals surface area contributed by atoms with Crippen molar-refractivity contribution in [3.63, 3.8) is 0 Å². The van der Waals surface area contributed by atoms with Crippen LogP contribution in [0, 0.1) is 46.3 Å². The Morgan fingerprint density at radius 1 is 0.906 bits per heavy atom. The third-order valence-corrected chi connectivity index (χ3v) is 11.5. The Kier molecular flexibility index (Phi) is 6.54. The maximum Gasteiger partial charge on any atom is 0.414 e. The fourth-order valence-electron chi connectivity index (χ4n) is 9.40. The number of hydrogen-bond acceptors (Lipinski definition) is 2. The molecule has 32 heavy (non-hydrogen) atoms. The molecule has 0 saturated heterocycles. The molecule has 4 fully saturated rings. The summed E-state index contributed by atoms with van der Waals surface area (Å²) in [6.45, 7) is 9.19. The van der Waals surface area contributed by atoms with E-state index in [-0.39, 0.29) is 17.8 Å². The molecule has 4 aliphatic carbocycles. The van der Waals surface area contributed by atoms with Gasteiger partial charge in [0.15, 0.2) is 0 Å². The Labute approximate surface area is 192 Å². The van der Waals surface area contributed by atoms with Crippen LogP contribution in [-0.4, -0.2) is 28.1 Å². The van der Waals surface area contributed by atoms with Crippen LogP contribution in [-0.2, 0) is 0 Å². The molecule has 4 saturated carbocycles. The van der Waals surface area contributed by atoms with Crippen molar-refractivity contribution < 1.29 is 23.4 Å². The van der Waals surface area contributed by atoms with E-state index in [9.17, 15) is 23.4 Å². The van der Waals surface area contributed by atoms with E-state index < -0.39 is 17.9 Å². The lowest BCUT2D eigenvalue weighted by molar-refractivity contribution is -0.206. The van der Waals surface area contributed by atoms with Crippen molar-refractivity contribution in [3.8, 4) is 0 Å². The van der Waals surface area contributed by atoms with Gasteiger partial charge in [-0.3, -0.25) is 0 Å². The van der Waals surface area contributed by atoms with E-state index in [2.05, 4.69) is 27.7 Å². The van der Waals surface area contributed by atoms with Crippen molar-refractivity contribution in [2.75, 3.05) is 0 Å². The van der Waals surface area contributed by atoms with Crippen molar-refractivity contribution in [1.82, 2.24) is 0 Å². The maximum absolute atomic E-state index is 12.8. The minimum Gasteiger partial charge on any atom is -0.390 e. The lowest BCUT2D eigenvalue weighted by Crippen LogP contribution is -2.56. The van der Waals surface area contributed by atoms with E-state index in [0.717, 1.165) is 43.9 Å². The Hall–Kier alpha value is -0.290. The van der Waals surface area contributed by atoms with E-state index in [0.29, 0.717) is 29.6 Å². The zero-order valence-electron chi connectivity index (χ0n) is 20.6. The molecule has 186 valence electrons. The molecular formula is C27H45F3O2. The van der Waals surface area contributed by atoms with Gasteiger partial charge in [0.2, 0.25) is 0 Å². The normalized spacial score (nSPS) is 48.5. The van der Waals surface area contributed by atoms with Gasteiger partial charge in [-0.05, 0) is 123 Å². The van der Waals surface area contributed by atoms with E-state index in [1.54, 1.807) is 0 Å². The number of rotatable bonds is 5. The maximum atomic E-state index is 12.8. The third kappa shape index (κ3) is 4.06. The van der Waals surface area contributed by atoms with Gasteiger partial charge in [0.25, 0.3) is 0 Å². The highest BCUT2D eigenvalue weighted by atomic mass is 19.4. The van der Waals surface area contributed by atoms with Crippen LogP contribution in [0.1, 0.15) is 105 Å². The summed E-state index contributed by atoms with van der Waals surface area (Å²) in [5, 5.41) is 20.4. The van der Waals surface area contributed by atoms with Gasteiger partial charge in [0, 0.05) is 0 Å². The summed E-state index contributed by atoms with van der Waals surface area (Å²) in [4.78, 5) is 0. The Morgan fingerprint density at radius 2 is 1.59 bits per heavy atom. The zero-order chi connectivity index (χ0) is 23.5. The van der Waals surface area contributed by atoms with Gasteiger partial charge in [-0.15, -0.1) is 0 Å². The molecule has 0 aromatic heterocycles. The van der Waals surface area contributed by atoms with Crippen molar-refractivity contribution in [2.24, 2.45) is 46.3 Å². The summed E-state index contributed by atoms with van der Waals surface area (Å²) in [7, 11) is 0. The number of alkyl halides is 3. The highest BCUT2D eigenvalue weighted by molar-refractivity contribution is 5.10. The molecule has 2 nitrogen and oxygen atoms in total. The van der Waals surface area contributed by atoms with Crippen molar-refractivity contribution >= 4 is 0 Å². The lowest BCUT2D eigenvalue weighted by Gasteiger charge is -2.62. The van der Waals surface area contributed by atoms with Gasteiger partial charge in [0.05, 0.1) is 5.60 Å². The summed E-state index contributed by atoms with van der Waals surface area (Å²) in [6, 6.07) is 0. The van der Waals surface area contributed by atoms with Gasteiger partial charge in [-0.2, -0.15) is 13.2 Å². The first-order valence-electron chi connectivity index (χ1n) is 13.3. The largest absolute Gasteiger partial charge is 0.414 e. The number of fused-ring (bicyclic) bond motifs is 5. The van der Waals surface area contributed by atoms with Crippen LogP contribution in [0.25, 0.3) is 0 Å². The van der Waals surface area contributed by atoms with E-state index in [1.165, 1.54) is 32.1 Å². The number of aliphatic hydroxyl groups excluding tert-OH is 1. The summed E-state index contributed by atoms with van der Waals surface area (Å²) < 4.78 is 38.3. The molecule has 2 unspecified atom stereocenters. The number of hydrogen-bond donors (Lipinski definition) is 2. The molecule has 4 aliphatic rings. The van der Waals surface area contributed by atoms with Gasteiger partial charge >= 0.3 is 6.18 Å². The Balaban J connectivity index is 1.45. The average Bonchev–Trinajstić information content (AvgIpc) is 3.09. The van der Waals surface area contributed by atoms with E-state index >= 15 is 0 Å². The van der Waals surface area contributed by atoms with E-state index in [1.807, 2.05) is 0 Å². The summed E-state index contributed by atoms with van der Waals surface area (Å²) in [5.74, 6) is 3.48. The van der Waals surface area contributed by atoms with Crippen LogP contribution < -0.4 is 0 Å². The molecule has 5 heteroatoms. The summed E-state index contributed by atoms with van der Waals surface area (Å²) >= 11 is 0. The molecule has 0 heterocycles. The number of aliphatic hydroxyl groups is 2. The van der Waals surface area contributed by atoms with Crippen LogP contribution in [0.15, 0.2) is 0 Å². The summed E-state index contributed by atoms with van der Waals surface area (Å²) in [6.07, 6.45) is 4.76. The van der Waals surface area contributed by atoms with Gasteiger partial charge < -0.3 is 10.2 Å². The first kappa shape index (κ1) is 24.8. The first-order chi connectivity index (χ1) is 14.8. The molecule has 0 aliphatic heterocycles. The minimum absolute atomic E-state index is 0.173. The molecule has 0 radical (unpaired) electrons. The van der Waals surface area contributed by atoms with Crippen LogP contribution in [0.3, 0.4) is 0 Å². The summed E-state index contributed by atoms with van der Waals surface area (Å²) in [5.41, 5.74) is 0.104. The van der Waals surface area contributed by atoms with Crippen LogP contribution in [0.5, 0.6) is 0 Å². The fourth-order valence-corrected chi connectivity index (χ4v) is 9.40.